The number of carbonyl (C=O) groups excluding carboxylic acids is 1. The smallest absolute Gasteiger partial charge is 0.229 e. The lowest BCUT2D eigenvalue weighted by atomic mass is 9.99. The van der Waals surface area contributed by atoms with E-state index >= 15 is 0 Å². The Kier molecular flexibility index (Phi) is 5.16. The highest BCUT2D eigenvalue weighted by Gasteiger charge is 2.44. The Labute approximate surface area is 142 Å². The summed E-state index contributed by atoms with van der Waals surface area (Å²) in [4.78, 5) is 10.7. The highest BCUT2D eigenvalue weighted by molar-refractivity contribution is 5.72. The minimum Gasteiger partial charge on any atom is -0.462 e. The van der Waals surface area contributed by atoms with Gasteiger partial charge in [0.25, 0.3) is 0 Å². The molecule has 0 saturated carbocycles. The van der Waals surface area contributed by atoms with Crippen LogP contribution in [-0.4, -0.2) is 64.0 Å². The van der Waals surface area contributed by atoms with Gasteiger partial charge in [0.05, 0.1) is 6.61 Å². The van der Waals surface area contributed by atoms with Gasteiger partial charge in [0, 0.05) is 5.56 Å². The van der Waals surface area contributed by atoms with Crippen LogP contribution in [0.1, 0.15) is 10.6 Å². The van der Waals surface area contributed by atoms with Gasteiger partial charge in [0.15, 0.2) is 12.0 Å². The van der Waals surface area contributed by atoms with E-state index in [1.807, 2.05) is 0 Å². The van der Waals surface area contributed by atoms with Gasteiger partial charge in [-0.15, -0.1) is 0 Å². The van der Waals surface area contributed by atoms with Crippen molar-refractivity contribution in [1.82, 2.24) is 0 Å². The zero-order chi connectivity index (χ0) is 18.0. The number of aliphatic hydroxyl groups excluding tert-OH is 4. The summed E-state index contributed by atoms with van der Waals surface area (Å²) >= 11 is 0. The van der Waals surface area contributed by atoms with E-state index in [0.29, 0.717) is 23.4 Å². The number of rotatable bonds is 5. The fourth-order valence-corrected chi connectivity index (χ4v) is 2.57. The number of hydrogen-bond donors (Lipinski definition) is 4. The largest absolute Gasteiger partial charge is 0.462 e. The number of benzene rings is 1. The second kappa shape index (κ2) is 7.34. The summed E-state index contributed by atoms with van der Waals surface area (Å²) in [6.45, 7) is -0.526. The van der Waals surface area contributed by atoms with Crippen molar-refractivity contribution in [3.8, 4) is 17.1 Å². The molecule has 2 heterocycles. The molecule has 2 aromatic rings. The predicted molar refractivity (Wildman–Crippen MR) is 83.9 cm³/mol. The van der Waals surface area contributed by atoms with Crippen LogP contribution in [0.4, 0.5) is 0 Å². The van der Waals surface area contributed by atoms with Gasteiger partial charge in [-0.3, -0.25) is 4.79 Å². The number of aldehydes is 1. The monoisotopic (exact) mass is 350 g/mol. The minimum atomic E-state index is -1.50. The van der Waals surface area contributed by atoms with Crippen molar-refractivity contribution in [3.05, 3.63) is 42.2 Å². The Balaban J connectivity index is 1.71. The molecule has 0 radical (unpaired) electrons. The SMILES string of the molecule is O=Cc1ccc(-c2ccc(OC3OC(CO)C(O)C(O)C3O)cc2)o1. The van der Waals surface area contributed by atoms with E-state index < -0.39 is 37.3 Å². The molecular formula is C17H18O8. The lowest BCUT2D eigenvalue weighted by Gasteiger charge is -2.39. The number of carbonyl (C=O) groups is 1. The van der Waals surface area contributed by atoms with Crippen molar-refractivity contribution >= 4 is 6.29 Å². The Bertz CT molecular complexity index is 708. The Morgan fingerprint density at radius 3 is 2.32 bits per heavy atom. The first-order chi connectivity index (χ1) is 12.0. The van der Waals surface area contributed by atoms with E-state index in [0.717, 1.165) is 0 Å². The first-order valence-electron chi connectivity index (χ1n) is 7.66. The molecule has 0 amide bonds. The highest BCUT2D eigenvalue weighted by atomic mass is 16.7. The molecule has 25 heavy (non-hydrogen) atoms. The molecule has 1 saturated heterocycles. The molecule has 1 aliphatic rings. The predicted octanol–water partition coefficient (Wildman–Crippen LogP) is -0.0622. The van der Waals surface area contributed by atoms with Gasteiger partial charge in [0.2, 0.25) is 6.29 Å². The zero-order valence-corrected chi connectivity index (χ0v) is 13.1. The molecule has 1 aromatic carbocycles. The number of ether oxygens (including phenoxy) is 2. The van der Waals surface area contributed by atoms with Crippen LogP contribution < -0.4 is 4.74 Å². The van der Waals surface area contributed by atoms with Crippen LogP contribution in [-0.2, 0) is 4.74 Å². The fourth-order valence-electron chi connectivity index (χ4n) is 2.57. The van der Waals surface area contributed by atoms with Crippen molar-refractivity contribution < 1.29 is 39.1 Å². The molecule has 8 heteroatoms. The van der Waals surface area contributed by atoms with E-state index in [9.17, 15) is 20.1 Å². The summed E-state index contributed by atoms with van der Waals surface area (Å²) in [5.41, 5.74) is 0.717. The normalized spacial score (nSPS) is 29.4. The second-order valence-electron chi connectivity index (χ2n) is 5.66. The summed E-state index contributed by atoms with van der Waals surface area (Å²) < 4.78 is 16.1. The van der Waals surface area contributed by atoms with Crippen LogP contribution >= 0.6 is 0 Å². The second-order valence-corrected chi connectivity index (χ2v) is 5.66. The molecule has 5 atom stereocenters. The lowest BCUT2D eigenvalue weighted by Crippen LogP contribution is -2.60. The molecule has 5 unspecified atom stereocenters. The molecule has 0 spiro atoms. The lowest BCUT2D eigenvalue weighted by molar-refractivity contribution is -0.277. The van der Waals surface area contributed by atoms with Gasteiger partial charge in [0.1, 0.15) is 35.9 Å². The Morgan fingerprint density at radius 1 is 1.00 bits per heavy atom. The summed E-state index contributed by atoms with van der Waals surface area (Å²) in [6, 6.07) is 9.79. The summed E-state index contributed by atoms with van der Waals surface area (Å²) in [5, 5.41) is 38.6. The van der Waals surface area contributed by atoms with Crippen LogP contribution in [0.15, 0.2) is 40.8 Å². The molecular weight excluding hydrogens is 332 g/mol. The van der Waals surface area contributed by atoms with Crippen LogP contribution in [0.2, 0.25) is 0 Å². The third-order valence-corrected chi connectivity index (χ3v) is 3.98. The van der Waals surface area contributed by atoms with Gasteiger partial charge in [-0.1, -0.05) is 0 Å². The van der Waals surface area contributed by atoms with E-state index in [2.05, 4.69) is 0 Å². The Hall–Kier alpha value is -2.23. The molecule has 8 nitrogen and oxygen atoms in total. The summed E-state index contributed by atoms with van der Waals surface area (Å²) in [6.07, 6.45) is -6.08. The van der Waals surface area contributed by atoms with Gasteiger partial charge < -0.3 is 34.3 Å². The maximum Gasteiger partial charge on any atom is 0.229 e. The van der Waals surface area contributed by atoms with Gasteiger partial charge in [-0.2, -0.15) is 0 Å². The first kappa shape index (κ1) is 17.6. The zero-order valence-electron chi connectivity index (χ0n) is 13.1. The van der Waals surface area contributed by atoms with Gasteiger partial charge in [-0.25, -0.2) is 0 Å². The number of aliphatic hydroxyl groups is 4. The Morgan fingerprint density at radius 2 is 1.72 bits per heavy atom. The quantitative estimate of drug-likeness (QED) is 0.552. The van der Waals surface area contributed by atoms with Crippen molar-refractivity contribution in [1.29, 1.82) is 0 Å². The van der Waals surface area contributed by atoms with Crippen LogP contribution in [0.3, 0.4) is 0 Å². The highest BCUT2D eigenvalue weighted by Crippen LogP contribution is 2.27. The van der Waals surface area contributed by atoms with E-state index in [1.165, 1.54) is 0 Å². The number of furan rings is 1. The molecule has 0 aliphatic carbocycles. The standard InChI is InChI=1S/C17H18O8/c18-7-11-5-6-12(23-11)9-1-3-10(4-2-9)24-17-16(22)15(21)14(20)13(8-19)25-17/h1-7,13-17,19-22H,8H2. The van der Waals surface area contributed by atoms with Crippen molar-refractivity contribution in [2.75, 3.05) is 6.61 Å². The van der Waals surface area contributed by atoms with E-state index in [4.69, 9.17) is 19.0 Å². The molecule has 134 valence electrons. The van der Waals surface area contributed by atoms with E-state index in [1.54, 1.807) is 36.4 Å². The molecule has 0 bridgehead atoms. The van der Waals surface area contributed by atoms with Gasteiger partial charge >= 0.3 is 0 Å². The average Bonchev–Trinajstić information content (AvgIpc) is 3.12. The third-order valence-electron chi connectivity index (χ3n) is 3.98. The van der Waals surface area contributed by atoms with Crippen molar-refractivity contribution in [3.63, 3.8) is 0 Å². The molecule has 1 aromatic heterocycles. The molecule has 1 aliphatic heterocycles. The summed E-state index contributed by atoms with van der Waals surface area (Å²) in [7, 11) is 0. The average molecular weight is 350 g/mol. The topological polar surface area (TPSA) is 130 Å². The fraction of sp³-hybridized carbons (Fsp3) is 0.353. The minimum absolute atomic E-state index is 0.219. The van der Waals surface area contributed by atoms with Crippen LogP contribution in [0.5, 0.6) is 5.75 Å². The first-order valence-corrected chi connectivity index (χ1v) is 7.66. The van der Waals surface area contributed by atoms with Crippen LogP contribution in [0, 0.1) is 0 Å². The third kappa shape index (κ3) is 3.58. The van der Waals surface area contributed by atoms with E-state index in [-0.39, 0.29) is 5.76 Å². The summed E-state index contributed by atoms with van der Waals surface area (Å²) in [5.74, 6) is 1.08. The molecule has 3 rings (SSSR count). The maximum atomic E-state index is 10.7. The van der Waals surface area contributed by atoms with Crippen molar-refractivity contribution in [2.24, 2.45) is 0 Å². The van der Waals surface area contributed by atoms with Gasteiger partial charge in [-0.05, 0) is 36.4 Å². The number of hydrogen-bond acceptors (Lipinski definition) is 8. The van der Waals surface area contributed by atoms with Crippen LogP contribution in [0.25, 0.3) is 11.3 Å². The molecule has 1 fully saturated rings. The molecule has 4 N–H and O–H groups in total. The van der Waals surface area contributed by atoms with Crippen molar-refractivity contribution in [2.45, 2.75) is 30.7 Å². The maximum absolute atomic E-state index is 10.7.